The molecule has 1 aromatic carbocycles. The topological polar surface area (TPSA) is 55.1 Å². The van der Waals surface area contributed by atoms with E-state index in [-0.39, 0.29) is 24.4 Å². The van der Waals surface area contributed by atoms with Gasteiger partial charge in [0.2, 0.25) is 0 Å². The third-order valence-electron chi connectivity index (χ3n) is 3.04. The molecule has 20 heavy (non-hydrogen) atoms. The second-order valence-electron chi connectivity index (χ2n) is 4.36. The molecule has 5 heteroatoms. The fraction of sp³-hybridized carbons (Fsp3) is 0.267. The zero-order valence-electron chi connectivity index (χ0n) is 11.3. The summed E-state index contributed by atoms with van der Waals surface area (Å²) in [4.78, 5) is 12.9. The molecular formula is C15H19ClN2OS. The molecule has 0 fully saturated rings. The third-order valence-corrected chi connectivity index (χ3v) is 4.00. The van der Waals surface area contributed by atoms with Crippen LogP contribution in [0.25, 0.3) is 0 Å². The van der Waals surface area contributed by atoms with Crippen LogP contribution in [0.5, 0.6) is 0 Å². The quantitative estimate of drug-likeness (QED) is 0.891. The minimum absolute atomic E-state index is 0. The van der Waals surface area contributed by atoms with E-state index in [1.165, 1.54) is 11.3 Å². The molecule has 0 radical (unpaired) electrons. The van der Waals surface area contributed by atoms with Crippen molar-refractivity contribution in [1.82, 2.24) is 5.32 Å². The number of nitrogens with two attached hydrogens (primary N) is 1. The van der Waals surface area contributed by atoms with Crippen LogP contribution in [-0.2, 0) is 6.42 Å². The Bertz CT molecular complexity index is 542. The first kappa shape index (κ1) is 16.7. The van der Waals surface area contributed by atoms with Gasteiger partial charge in [0.1, 0.15) is 0 Å². The van der Waals surface area contributed by atoms with E-state index < -0.39 is 0 Å². The number of thiophene rings is 1. The Morgan fingerprint density at radius 1 is 1.30 bits per heavy atom. The Morgan fingerprint density at radius 3 is 2.65 bits per heavy atom. The molecule has 1 atom stereocenters. The van der Waals surface area contributed by atoms with Gasteiger partial charge in [-0.3, -0.25) is 4.79 Å². The summed E-state index contributed by atoms with van der Waals surface area (Å²) in [6.07, 6.45) is 0.872. The van der Waals surface area contributed by atoms with Crippen LogP contribution in [0.3, 0.4) is 0 Å². The van der Waals surface area contributed by atoms with E-state index in [4.69, 9.17) is 5.73 Å². The number of aryl methyl sites for hydroxylation is 1. The summed E-state index contributed by atoms with van der Waals surface area (Å²) in [5, 5.41) is 4.85. The van der Waals surface area contributed by atoms with Gasteiger partial charge in [0.25, 0.3) is 5.91 Å². The molecule has 3 nitrogen and oxygen atoms in total. The Labute approximate surface area is 129 Å². The molecule has 0 bridgehead atoms. The summed E-state index contributed by atoms with van der Waals surface area (Å²) >= 11 is 1.48. The highest BCUT2D eigenvalue weighted by Crippen LogP contribution is 2.17. The van der Waals surface area contributed by atoms with Crippen molar-refractivity contribution < 1.29 is 4.79 Å². The fourth-order valence-electron chi connectivity index (χ4n) is 1.91. The maximum Gasteiger partial charge on any atom is 0.261 e. The molecule has 1 aromatic heterocycles. The molecule has 3 N–H and O–H groups in total. The lowest BCUT2D eigenvalue weighted by atomic mass is 10.1. The average Bonchev–Trinajstić information content (AvgIpc) is 2.93. The maximum absolute atomic E-state index is 12.1. The number of benzene rings is 1. The molecule has 108 valence electrons. The predicted molar refractivity (Wildman–Crippen MR) is 86.6 cm³/mol. The highest BCUT2D eigenvalue weighted by atomic mass is 35.5. The molecule has 0 aliphatic heterocycles. The average molecular weight is 311 g/mol. The van der Waals surface area contributed by atoms with Gasteiger partial charge in [0.15, 0.2) is 0 Å². The van der Waals surface area contributed by atoms with Crippen molar-refractivity contribution in [3.05, 3.63) is 57.8 Å². The van der Waals surface area contributed by atoms with Gasteiger partial charge >= 0.3 is 0 Å². The number of hydrogen-bond acceptors (Lipinski definition) is 3. The van der Waals surface area contributed by atoms with Crippen LogP contribution in [0.15, 0.2) is 41.8 Å². The zero-order chi connectivity index (χ0) is 13.7. The molecule has 0 saturated heterocycles. The second kappa shape index (κ2) is 8.04. The standard InChI is InChI=1S/C15H18N2OS.ClH/c1-2-11-8-9-19-14(11)15(18)17-10-13(16)12-6-4-3-5-7-12;/h3-9,13H,2,10,16H2,1H3,(H,17,18);1H. The molecule has 1 unspecified atom stereocenters. The zero-order valence-corrected chi connectivity index (χ0v) is 13.0. The van der Waals surface area contributed by atoms with Crippen molar-refractivity contribution in [2.45, 2.75) is 19.4 Å². The van der Waals surface area contributed by atoms with Crippen LogP contribution in [0.1, 0.15) is 33.8 Å². The van der Waals surface area contributed by atoms with Gasteiger partial charge in [0, 0.05) is 12.6 Å². The lowest BCUT2D eigenvalue weighted by molar-refractivity contribution is 0.0954. The Balaban J connectivity index is 0.00000200. The number of halogens is 1. The third kappa shape index (κ3) is 4.07. The smallest absolute Gasteiger partial charge is 0.261 e. The van der Waals surface area contributed by atoms with E-state index in [0.717, 1.165) is 22.4 Å². The van der Waals surface area contributed by atoms with E-state index >= 15 is 0 Å². The molecule has 0 aliphatic carbocycles. The van der Waals surface area contributed by atoms with E-state index in [1.54, 1.807) is 0 Å². The Morgan fingerprint density at radius 2 is 2.00 bits per heavy atom. The largest absolute Gasteiger partial charge is 0.349 e. The van der Waals surface area contributed by atoms with Crippen LogP contribution in [0.4, 0.5) is 0 Å². The number of hydrogen-bond donors (Lipinski definition) is 2. The fourth-order valence-corrected chi connectivity index (χ4v) is 2.83. The number of nitrogens with one attached hydrogen (secondary N) is 1. The van der Waals surface area contributed by atoms with Crippen molar-refractivity contribution in [1.29, 1.82) is 0 Å². The molecule has 2 aromatic rings. The van der Waals surface area contributed by atoms with Gasteiger partial charge in [-0.2, -0.15) is 0 Å². The molecule has 1 amide bonds. The molecule has 0 aliphatic rings. The molecular weight excluding hydrogens is 292 g/mol. The number of rotatable bonds is 5. The first-order chi connectivity index (χ1) is 9.22. The van der Waals surface area contributed by atoms with Gasteiger partial charge in [-0.25, -0.2) is 0 Å². The summed E-state index contributed by atoms with van der Waals surface area (Å²) < 4.78 is 0. The first-order valence-electron chi connectivity index (χ1n) is 6.37. The molecule has 2 rings (SSSR count). The van der Waals surface area contributed by atoms with Crippen molar-refractivity contribution in [2.24, 2.45) is 5.73 Å². The minimum atomic E-state index is -0.171. The number of carbonyl (C=O) groups is 1. The van der Waals surface area contributed by atoms with Gasteiger partial charge in [0.05, 0.1) is 4.88 Å². The van der Waals surface area contributed by atoms with Crippen LogP contribution in [0.2, 0.25) is 0 Å². The monoisotopic (exact) mass is 310 g/mol. The number of carbonyl (C=O) groups excluding carboxylic acids is 1. The molecule has 0 saturated carbocycles. The minimum Gasteiger partial charge on any atom is -0.349 e. The van der Waals surface area contributed by atoms with Gasteiger partial charge in [-0.15, -0.1) is 23.7 Å². The number of amides is 1. The SMILES string of the molecule is CCc1ccsc1C(=O)NCC(N)c1ccccc1.Cl. The highest BCUT2D eigenvalue weighted by Gasteiger charge is 2.13. The van der Waals surface area contributed by atoms with E-state index in [2.05, 4.69) is 12.2 Å². The van der Waals surface area contributed by atoms with Crippen molar-refractivity contribution in [3.8, 4) is 0 Å². The van der Waals surface area contributed by atoms with Crippen LogP contribution >= 0.6 is 23.7 Å². The summed E-state index contributed by atoms with van der Waals surface area (Å²) in [5.74, 6) is -0.0294. The maximum atomic E-state index is 12.1. The highest BCUT2D eigenvalue weighted by molar-refractivity contribution is 7.12. The summed E-state index contributed by atoms with van der Waals surface area (Å²) in [6.45, 7) is 2.50. The summed E-state index contributed by atoms with van der Waals surface area (Å²) in [5.41, 5.74) is 8.18. The van der Waals surface area contributed by atoms with E-state index in [1.807, 2.05) is 41.8 Å². The summed E-state index contributed by atoms with van der Waals surface area (Å²) in [7, 11) is 0. The van der Waals surface area contributed by atoms with E-state index in [9.17, 15) is 4.79 Å². The van der Waals surface area contributed by atoms with Gasteiger partial charge < -0.3 is 11.1 Å². The first-order valence-corrected chi connectivity index (χ1v) is 7.25. The second-order valence-corrected chi connectivity index (χ2v) is 5.27. The Hall–Kier alpha value is -1.36. The van der Waals surface area contributed by atoms with Crippen molar-refractivity contribution in [2.75, 3.05) is 6.54 Å². The normalized spacial score (nSPS) is 11.5. The molecule has 0 spiro atoms. The van der Waals surface area contributed by atoms with Crippen molar-refractivity contribution >= 4 is 29.7 Å². The Kier molecular flexibility index (Phi) is 6.71. The van der Waals surface area contributed by atoms with Gasteiger partial charge in [-0.1, -0.05) is 37.3 Å². The predicted octanol–water partition coefficient (Wildman–Crippen LogP) is 3.16. The van der Waals surface area contributed by atoms with Crippen LogP contribution in [0, 0.1) is 0 Å². The summed E-state index contributed by atoms with van der Waals surface area (Å²) in [6, 6.07) is 11.6. The van der Waals surface area contributed by atoms with Gasteiger partial charge in [-0.05, 0) is 29.0 Å². The molecule has 1 heterocycles. The lowest BCUT2D eigenvalue weighted by Crippen LogP contribution is -2.31. The van der Waals surface area contributed by atoms with Crippen molar-refractivity contribution in [3.63, 3.8) is 0 Å². The lowest BCUT2D eigenvalue weighted by Gasteiger charge is -2.13. The van der Waals surface area contributed by atoms with E-state index in [0.29, 0.717) is 6.54 Å². The van der Waals surface area contributed by atoms with Crippen LogP contribution in [-0.4, -0.2) is 12.5 Å². The van der Waals surface area contributed by atoms with Crippen LogP contribution < -0.4 is 11.1 Å².